The summed E-state index contributed by atoms with van der Waals surface area (Å²) in [6, 6.07) is 8.26. The van der Waals surface area contributed by atoms with E-state index in [1.165, 1.54) is 0 Å². The van der Waals surface area contributed by atoms with Gasteiger partial charge < -0.3 is 10.1 Å². The fraction of sp³-hybridized carbons (Fsp3) is 0.611. The largest absolute Gasteiger partial charge is 0.494 e. The van der Waals surface area contributed by atoms with Crippen LogP contribution in [0.2, 0.25) is 0 Å². The molecule has 1 atom stereocenters. The molecule has 118 valence electrons. The molecule has 0 radical (unpaired) electrons. The molecule has 0 aliphatic carbocycles. The number of ketones is 1. The van der Waals surface area contributed by atoms with Gasteiger partial charge >= 0.3 is 0 Å². The third kappa shape index (κ3) is 7.28. The molecule has 1 aromatic carbocycles. The number of Topliss-reactive ketones (excluding diaryl/α,β-unsaturated/α-hetero) is 1. The number of carbonyl (C=O) groups excluding carboxylic acids is 1. The number of hydrogen-bond acceptors (Lipinski definition) is 3. The van der Waals surface area contributed by atoms with E-state index in [1.54, 1.807) is 6.92 Å². The molecule has 0 saturated carbocycles. The third-order valence-electron chi connectivity index (χ3n) is 3.35. The van der Waals surface area contributed by atoms with Crippen molar-refractivity contribution in [3.8, 4) is 5.75 Å². The molecular formula is C18H29NO2. The number of ether oxygens (including phenoxy) is 1. The van der Waals surface area contributed by atoms with E-state index in [0.29, 0.717) is 12.0 Å². The lowest BCUT2D eigenvalue weighted by molar-refractivity contribution is -0.119. The van der Waals surface area contributed by atoms with Crippen LogP contribution in [0.4, 0.5) is 0 Å². The highest BCUT2D eigenvalue weighted by molar-refractivity contribution is 5.81. The van der Waals surface area contributed by atoms with E-state index in [0.717, 1.165) is 30.8 Å². The average Bonchev–Trinajstić information content (AvgIpc) is 2.39. The van der Waals surface area contributed by atoms with E-state index in [4.69, 9.17) is 4.74 Å². The summed E-state index contributed by atoms with van der Waals surface area (Å²) in [5, 5.41) is 3.31. The van der Waals surface area contributed by atoms with Crippen LogP contribution >= 0.6 is 0 Å². The van der Waals surface area contributed by atoms with Gasteiger partial charge in [-0.05, 0) is 43.4 Å². The van der Waals surface area contributed by atoms with Crippen molar-refractivity contribution in [3.05, 3.63) is 29.8 Å². The molecule has 1 aromatic rings. The van der Waals surface area contributed by atoms with Crippen LogP contribution in [0.25, 0.3) is 0 Å². The quantitative estimate of drug-likeness (QED) is 0.755. The topological polar surface area (TPSA) is 38.3 Å². The van der Waals surface area contributed by atoms with Crippen molar-refractivity contribution in [2.75, 3.05) is 6.61 Å². The van der Waals surface area contributed by atoms with Crippen molar-refractivity contribution in [2.45, 2.75) is 59.5 Å². The first-order valence-corrected chi connectivity index (χ1v) is 7.86. The maximum absolute atomic E-state index is 11.7. The maximum Gasteiger partial charge on any atom is 0.147 e. The van der Waals surface area contributed by atoms with Crippen LogP contribution in [0.3, 0.4) is 0 Å². The SMILES string of the molecule is CC(=O)[C@H](Cc1ccc(OCCC(C)C)cc1)NC(C)C. The summed E-state index contributed by atoms with van der Waals surface area (Å²) in [6.45, 7) is 10.9. The first-order chi connectivity index (χ1) is 9.88. The Morgan fingerprint density at radius 3 is 2.24 bits per heavy atom. The summed E-state index contributed by atoms with van der Waals surface area (Å²) in [6.07, 6.45) is 1.78. The Labute approximate surface area is 129 Å². The zero-order valence-corrected chi connectivity index (χ0v) is 14.0. The normalized spacial score (nSPS) is 12.7. The van der Waals surface area contributed by atoms with E-state index >= 15 is 0 Å². The molecule has 0 heterocycles. The Morgan fingerprint density at radius 2 is 1.76 bits per heavy atom. The van der Waals surface area contributed by atoms with Gasteiger partial charge in [-0.3, -0.25) is 4.79 Å². The molecule has 21 heavy (non-hydrogen) atoms. The van der Waals surface area contributed by atoms with Crippen molar-refractivity contribution >= 4 is 5.78 Å². The second kappa shape index (κ2) is 8.83. The van der Waals surface area contributed by atoms with E-state index in [2.05, 4.69) is 33.0 Å². The number of benzene rings is 1. The van der Waals surface area contributed by atoms with Gasteiger partial charge in [-0.15, -0.1) is 0 Å². The lowest BCUT2D eigenvalue weighted by Gasteiger charge is -2.19. The van der Waals surface area contributed by atoms with E-state index < -0.39 is 0 Å². The Hall–Kier alpha value is -1.35. The van der Waals surface area contributed by atoms with Crippen LogP contribution in [0.1, 0.15) is 46.6 Å². The predicted molar refractivity (Wildman–Crippen MR) is 87.8 cm³/mol. The molecule has 1 rings (SSSR count). The van der Waals surface area contributed by atoms with Gasteiger partial charge in [0.1, 0.15) is 11.5 Å². The van der Waals surface area contributed by atoms with Gasteiger partial charge in [0.2, 0.25) is 0 Å². The van der Waals surface area contributed by atoms with E-state index in [-0.39, 0.29) is 11.8 Å². The summed E-state index contributed by atoms with van der Waals surface area (Å²) in [7, 11) is 0. The van der Waals surface area contributed by atoms with Crippen molar-refractivity contribution in [2.24, 2.45) is 5.92 Å². The van der Waals surface area contributed by atoms with Crippen LogP contribution in [-0.4, -0.2) is 24.5 Å². The zero-order valence-electron chi connectivity index (χ0n) is 14.0. The Balaban J connectivity index is 2.54. The van der Waals surface area contributed by atoms with Crippen molar-refractivity contribution < 1.29 is 9.53 Å². The van der Waals surface area contributed by atoms with Gasteiger partial charge in [-0.2, -0.15) is 0 Å². The number of rotatable bonds is 9. The molecule has 3 heteroatoms. The van der Waals surface area contributed by atoms with Crippen LogP contribution in [0.5, 0.6) is 5.75 Å². The minimum absolute atomic E-state index is 0.113. The number of nitrogens with one attached hydrogen (secondary N) is 1. The second-order valence-corrected chi connectivity index (χ2v) is 6.36. The number of hydrogen-bond donors (Lipinski definition) is 1. The smallest absolute Gasteiger partial charge is 0.147 e. The van der Waals surface area contributed by atoms with Gasteiger partial charge in [-0.25, -0.2) is 0 Å². The fourth-order valence-electron chi connectivity index (χ4n) is 2.09. The van der Waals surface area contributed by atoms with Crippen LogP contribution in [-0.2, 0) is 11.2 Å². The van der Waals surface area contributed by atoms with E-state index in [1.807, 2.05) is 24.3 Å². The maximum atomic E-state index is 11.7. The molecule has 0 amide bonds. The van der Waals surface area contributed by atoms with Gasteiger partial charge in [-0.1, -0.05) is 39.8 Å². The van der Waals surface area contributed by atoms with Crippen molar-refractivity contribution in [1.82, 2.24) is 5.32 Å². The molecular weight excluding hydrogens is 262 g/mol. The Bertz CT molecular complexity index is 423. The third-order valence-corrected chi connectivity index (χ3v) is 3.35. The molecule has 0 aliphatic heterocycles. The Kier molecular flexibility index (Phi) is 7.44. The molecule has 0 aromatic heterocycles. The summed E-state index contributed by atoms with van der Waals surface area (Å²) in [5.74, 6) is 1.74. The first kappa shape index (κ1) is 17.7. The fourth-order valence-corrected chi connectivity index (χ4v) is 2.09. The molecule has 0 fully saturated rings. The second-order valence-electron chi connectivity index (χ2n) is 6.36. The molecule has 1 N–H and O–H groups in total. The molecule has 0 spiro atoms. The molecule has 0 saturated heterocycles. The predicted octanol–water partition coefficient (Wildman–Crippen LogP) is 3.61. The molecule has 0 aliphatic rings. The Morgan fingerprint density at radius 1 is 1.14 bits per heavy atom. The summed E-state index contributed by atoms with van der Waals surface area (Å²) >= 11 is 0. The van der Waals surface area contributed by atoms with Crippen molar-refractivity contribution in [3.63, 3.8) is 0 Å². The highest BCUT2D eigenvalue weighted by Gasteiger charge is 2.15. The number of carbonyl (C=O) groups is 1. The minimum Gasteiger partial charge on any atom is -0.494 e. The standard InChI is InChI=1S/C18H29NO2/c1-13(2)10-11-21-17-8-6-16(7-9-17)12-18(15(5)20)19-14(3)4/h6-9,13-14,18-19H,10-12H2,1-5H3/t18-/m0/s1. The summed E-state index contributed by atoms with van der Waals surface area (Å²) < 4.78 is 5.71. The van der Waals surface area contributed by atoms with Crippen LogP contribution < -0.4 is 10.1 Å². The highest BCUT2D eigenvalue weighted by atomic mass is 16.5. The van der Waals surface area contributed by atoms with Gasteiger partial charge in [0.25, 0.3) is 0 Å². The van der Waals surface area contributed by atoms with Crippen LogP contribution in [0.15, 0.2) is 24.3 Å². The monoisotopic (exact) mass is 291 g/mol. The highest BCUT2D eigenvalue weighted by Crippen LogP contribution is 2.15. The van der Waals surface area contributed by atoms with Crippen molar-refractivity contribution in [1.29, 1.82) is 0 Å². The zero-order chi connectivity index (χ0) is 15.8. The summed E-state index contributed by atoms with van der Waals surface area (Å²) in [5.41, 5.74) is 1.15. The molecule has 0 unspecified atom stereocenters. The molecule has 0 bridgehead atoms. The van der Waals surface area contributed by atoms with Gasteiger partial charge in [0.05, 0.1) is 12.6 Å². The first-order valence-electron chi connectivity index (χ1n) is 7.86. The lowest BCUT2D eigenvalue weighted by atomic mass is 10.0. The lowest BCUT2D eigenvalue weighted by Crippen LogP contribution is -2.41. The van der Waals surface area contributed by atoms with E-state index in [9.17, 15) is 4.79 Å². The van der Waals surface area contributed by atoms with Gasteiger partial charge in [0, 0.05) is 6.04 Å². The van der Waals surface area contributed by atoms with Gasteiger partial charge in [0.15, 0.2) is 0 Å². The summed E-state index contributed by atoms with van der Waals surface area (Å²) in [4.78, 5) is 11.7. The average molecular weight is 291 g/mol. The molecule has 3 nitrogen and oxygen atoms in total. The minimum atomic E-state index is -0.113. The van der Waals surface area contributed by atoms with Crippen LogP contribution in [0, 0.1) is 5.92 Å².